The molecule has 2 aromatic carbocycles. The molecule has 21 heavy (non-hydrogen) atoms. The van der Waals surface area contributed by atoms with Crippen molar-refractivity contribution in [1.82, 2.24) is 4.90 Å². The molecule has 1 heterocycles. The van der Waals surface area contributed by atoms with E-state index in [0.29, 0.717) is 6.54 Å². The van der Waals surface area contributed by atoms with Gasteiger partial charge in [0.15, 0.2) is 0 Å². The van der Waals surface area contributed by atoms with Crippen molar-refractivity contribution in [3.63, 3.8) is 0 Å². The first-order valence-electron chi connectivity index (χ1n) is 6.75. The number of rotatable bonds is 3. The summed E-state index contributed by atoms with van der Waals surface area (Å²) in [5.74, 6) is 0. The largest absolute Gasteiger partial charge is 0.323 e. The third kappa shape index (κ3) is 3.06. The Kier molecular flexibility index (Phi) is 3.88. The molecule has 2 amide bonds. The Bertz CT molecular complexity index is 747. The van der Waals surface area contributed by atoms with Crippen LogP contribution >= 0.6 is 11.3 Å². The molecular weight excluding hydrogens is 280 g/mol. The molecule has 3 rings (SSSR count). The van der Waals surface area contributed by atoms with Gasteiger partial charge >= 0.3 is 6.03 Å². The van der Waals surface area contributed by atoms with Crippen LogP contribution in [0.1, 0.15) is 5.56 Å². The van der Waals surface area contributed by atoms with E-state index < -0.39 is 0 Å². The van der Waals surface area contributed by atoms with Gasteiger partial charge in [-0.15, -0.1) is 0 Å². The van der Waals surface area contributed by atoms with E-state index >= 15 is 0 Å². The normalized spacial score (nSPS) is 10.5. The Balaban J connectivity index is 1.77. The molecule has 0 saturated heterocycles. The van der Waals surface area contributed by atoms with E-state index in [0.717, 1.165) is 22.0 Å². The van der Waals surface area contributed by atoms with E-state index in [1.54, 1.807) is 23.3 Å². The zero-order valence-electron chi connectivity index (χ0n) is 11.7. The monoisotopic (exact) mass is 296 g/mol. The van der Waals surface area contributed by atoms with Gasteiger partial charge in [-0.3, -0.25) is 0 Å². The topological polar surface area (TPSA) is 32.3 Å². The van der Waals surface area contributed by atoms with Crippen LogP contribution in [0, 0.1) is 0 Å². The van der Waals surface area contributed by atoms with Gasteiger partial charge in [-0.25, -0.2) is 4.79 Å². The van der Waals surface area contributed by atoms with Crippen LogP contribution < -0.4 is 5.32 Å². The fourth-order valence-corrected chi connectivity index (χ4v) is 2.93. The molecule has 0 unspecified atom stereocenters. The van der Waals surface area contributed by atoms with Gasteiger partial charge in [-0.05, 0) is 33.8 Å². The predicted molar refractivity (Wildman–Crippen MR) is 88.8 cm³/mol. The minimum Gasteiger partial charge on any atom is -0.323 e. The van der Waals surface area contributed by atoms with Crippen molar-refractivity contribution in [1.29, 1.82) is 0 Å². The first-order chi connectivity index (χ1) is 10.2. The zero-order chi connectivity index (χ0) is 14.7. The molecule has 3 aromatic rings. The lowest BCUT2D eigenvalue weighted by atomic mass is 10.1. The maximum absolute atomic E-state index is 12.3. The molecule has 1 aromatic heterocycles. The van der Waals surface area contributed by atoms with Crippen molar-refractivity contribution in [2.75, 3.05) is 12.4 Å². The standard InChI is InChI=1S/C17H16N2OS/c1-19(11-13-9-10-21-12-13)17(20)18-16-8-4-6-14-5-2-3-7-15(14)16/h2-10,12H,11H2,1H3,(H,18,20). The van der Waals surface area contributed by atoms with Gasteiger partial charge in [0.25, 0.3) is 0 Å². The Morgan fingerprint density at radius 2 is 1.95 bits per heavy atom. The first-order valence-corrected chi connectivity index (χ1v) is 7.69. The van der Waals surface area contributed by atoms with Gasteiger partial charge < -0.3 is 10.2 Å². The minimum atomic E-state index is -0.0995. The maximum Gasteiger partial charge on any atom is 0.321 e. The Morgan fingerprint density at radius 1 is 1.14 bits per heavy atom. The Morgan fingerprint density at radius 3 is 2.76 bits per heavy atom. The number of carbonyl (C=O) groups is 1. The lowest BCUT2D eigenvalue weighted by molar-refractivity contribution is 0.221. The van der Waals surface area contributed by atoms with Crippen molar-refractivity contribution >= 4 is 33.8 Å². The summed E-state index contributed by atoms with van der Waals surface area (Å²) in [7, 11) is 1.80. The maximum atomic E-state index is 12.3. The molecule has 1 N–H and O–H groups in total. The molecule has 0 atom stereocenters. The lowest BCUT2D eigenvalue weighted by Gasteiger charge is -2.18. The third-order valence-corrected chi connectivity index (χ3v) is 4.11. The number of thiophene rings is 1. The lowest BCUT2D eigenvalue weighted by Crippen LogP contribution is -2.30. The minimum absolute atomic E-state index is 0.0995. The molecule has 106 valence electrons. The van der Waals surface area contributed by atoms with Crippen LogP contribution in [-0.2, 0) is 6.54 Å². The highest BCUT2D eigenvalue weighted by molar-refractivity contribution is 7.07. The fourth-order valence-electron chi connectivity index (χ4n) is 2.27. The number of carbonyl (C=O) groups excluding carboxylic acids is 1. The smallest absolute Gasteiger partial charge is 0.321 e. The number of benzene rings is 2. The van der Waals surface area contributed by atoms with Crippen LogP contribution in [0.3, 0.4) is 0 Å². The zero-order valence-corrected chi connectivity index (χ0v) is 12.6. The van der Waals surface area contributed by atoms with E-state index in [1.807, 2.05) is 53.9 Å². The summed E-state index contributed by atoms with van der Waals surface area (Å²) >= 11 is 1.64. The van der Waals surface area contributed by atoms with E-state index in [4.69, 9.17) is 0 Å². The molecule has 3 nitrogen and oxygen atoms in total. The van der Waals surface area contributed by atoms with Crippen LogP contribution in [0.15, 0.2) is 59.3 Å². The quantitative estimate of drug-likeness (QED) is 0.754. The number of fused-ring (bicyclic) bond motifs is 1. The van der Waals surface area contributed by atoms with Gasteiger partial charge in [0, 0.05) is 19.0 Å². The van der Waals surface area contributed by atoms with Crippen molar-refractivity contribution in [3.05, 3.63) is 64.9 Å². The van der Waals surface area contributed by atoms with Crippen LogP contribution in [0.2, 0.25) is 0 Å². The van der Waals surface area contributed by atoms with Crippen molar-refractivity contribution in [3.8, 4) is 0 Å². The highest BCUT2D eigenvalue weighted by atomic mass is 32.1. The van der Waals surface area contributed by atoms with Crippen molar-refractivity contribution in [2.45, 2.75) is 6.54 Å². The second-order valence-corrected chi connectivity index (χ2v) is 5.72. The molecule has 0 fully saturated rings. The van der Waals surface area contributed by atoms with E-state index in [2.05, 4.69) is 10.7 Å². The Labute approximate surface area is 127 Å². The molecule has 4 heteroatoms. The van der Waals surface area contributed by atoms with Crippen LogP contribution in [-0.4, -0.2) is 18.0 Å². The number of hydrogen-bond acceptors (Lipinski definition) is 2. The van der Waals surface area contributed by atoms with Gasteiger partial charge in [-0.1, -0.05) is 36.4 Å². The number of anilines is 1. The molecule has 0 aliphatic rings. The number of amides is 2. The highest BCUT2D eigenvalue weighted by Gasteiger charge is 2.11. The first kappa shape index (κ1) is 13.6. The van der Waals surface area contributed by atoms with Gasteiger partial charge in [0.05, 0.1) is 5.69 Å². The van der Waals surface area contributed by atoms with E-state index in [1.165, 1.54) is 0 Å². The summed E-state index contributed by atoms with van der Waals surface area (Å²) in [5, 5.41) is 9.24. The summed E-state index contributed by atoms with van der Waals surface area (Å²) in [5.41, 5.74) is 1.99. The molecule has 0 aliphatic carbocycles. The SMILES string of the molecule is CN(Cc1ccsc1)C(=O)Nc1cccc2ccccc12. The number of nitrogens with zero attached hydrogens (tertiary/aromatic N) is 1. The van der Waals surface area contributed by atoms with Crippen LogP contribution in [0.5, 0.6) is 0 Å². The van der Waals surface area contributed by atoms with Crippen molar-refractivity contribution < 1.29 is 4.79 Å². The van der Waals surface area contributed by atoms with Gasteiger partial charge in [0.1, 0.15) is 0 Å². The van der Waals surface area contributed by atoms with Gasteiger partial charge in [-0.2, -0.15) is 11.3 Å². The highest BCUT2D eigenvalue weighted by Crippen LogP contribution is 2.23. The second kappa shape index (κ2) is 5.97. The molecule has 0 aliphatic heterocycles. The fraction of sp³-hybridized carbons (Fsp3) is 0.118. The van der Waals surface area contributed by atoms with Gasteiger partial charge in [0.2, 0.25) is 0 Å². The summed E-state index contributed by atoms with van der Waals surface area (Å²) < 4.78 is 0. The average molecular weight is 296 g/mol. The molecule has 0 bridgehead atoms. The molecule has 0 saturated carbocycles. The summed E-state index contributed by atoms with van der Waals surface area (Å²) in [6, 6.07) is 15.9. The van der Waals surface area contributed by atoms with E-state index in [-0.39, 0.29) is 6.03 Å². The predicted octanol–water partition coefficient (Wildman–Crippen LogP) is 4.57. The summed E-state index contributed by atoms with van der Waals surface area (Å²) in [4.78, 5) is 14.0. The number of urea groups is 1. The molecule has 0 spiro atoms. The van der Waals surface area contributed by atoms with Crippen LogP contribution in [0.25, 0.3) is 10.8 Å². The summed E-state index contributed by atoms with van der Waals surface area (Å²) in [6.07, 6.45) is 0. The van der Waals surface area contributed by atoms with Crippen molar-refractivity contribution in [2.24, 2.45) is 0 Å². The number of nitrogens with one attached hydrogen (secondary N) is 1. The molecule has 0 radical (unpaired) electrons. The summed E-state index contributed by atoms with van der Waals surface area (Å²) in [6.45, 7) is 0.611. The second-order valence-electron chi connectivity index (χ2n) is 4.94. The van der Waals surface area contributed by atoms with E-state index in [9.17, 15) is 4.79 Å². The molecular formula is C17H16N2OS. The average Bonchev–Trinajstić information content (AvgIpc) is 3.00. The Hall–Kier alpha value is -2.33. The van der Waals surface area contributed by atoms with Crippen LogP contribution in [0.4, 0.5) is 10.5 Å². The number of hydrogen-bond donors (Lipinski definition) is 1. The third-order valence-electron chi connectivity index (χ3n) is 3.38.